The SMILES string of the molecule is CN[C@H](CC(C)C)C(=O)N[C@H]1C(=O)N[C@@H](CC(N)=O)C(=O)N[C@H]2C(=O)N[C@H]3C(=O)N[C@H](C(=O)N[C@H](C(=O)NCCOCCOCCN(C)C)c4cc(O)c(CNCCOCCOCCN(C)C)c(O)c4-c4cc3ccc4O)C(O)c3ccc(c(Cl)c3)Oc3cc2cc(c3O[C@H]2CO[C@H](CO)[C@H](O)[C@@H]2OC2C[C@](C)(NCc3ccc(-c4ccc(Cl)cc4)cc3)[C@H](O)[C@H](C)O2)Oc2ccc(cc2Cl)[C@H]1O. The Hall–Kier alpha value is -10.7. The Kier molecular flexibility index (Phi) is 37.6. The predicted octanol–water partition coefficient (Wildman–Crippen LogP) is 4.25. The van der Waals surface area contributed by atoms with Gasteiger partial charge in [0.25, 0.3) is 0 Å². The Labute approximate surface area is 813 Å². The third-order valence-electron chi connectivity index (χ3n) is 24.2. The van der Waals surface area contributed by atoms with E-state index in [1.807, 2.05) is 88.2 Å². The van der Waals surface area contributed by atoms with Crippen molar-refractivity contribution in [2.24, 2.45) is 11.7 Å². The Bertz CT molecular complexity index is 5420. The first kappa shape index (κ1) is 106. The molecule has 7 aromatic rings. The number of fused-ring (bicyclic) bond motifs is 15. The van der Waals surface area contributed by atoms with Gasteiger partial charge < -0.3 is 157 Å². The fraction of sp³-hybridized carbons (Fsp3) is 0.479. The van der Waals surface area contributed by atoms with Crippen molar-refractivity contribution in [3.05, 3.63) is 175 Å². The number of aromatic hydroxyl groups is 3. The molecule has 0 radical (unpaired) electrons. The molecular formula is C96H122Cl3N13O26. The number of likely N-dealkylation sites (N-methyl/N-ethyl adjacent to an activating group) is 3. The van der Waals surface area contributed by atoms with Gasteiger partial charge in [-0.2, -0.15) is 0 Å². The third-order valence-corrected chi connectivity index (χ3v) is 25.0. The van der Waals surface area contributed by atoms with Gasteiger partial charge in [0.1, 0.15) is 95.5 Å². The second kappa shape index (κ2) is 48.9. The van der Waals surface area contributed by atoms with Crippen LogP contribution in [0.2, 0.25) is 15.1 Å². The number of ether oxygens (including phenoxy) is 10. The number of benzene rings is 7. The summed E-state index contributed by atoms with van der Waals surface area (Å²) in [6.45, 7) is 8.49. The fourth-order valence-corrected chi connectivity index (χ4v) is 17.1. The third kappa shape index (κ3) is 27.1. The summed E-state index contributed by atoms with van der Waals surface area (Å²) in [5, 5.41) is 126. The lowest BCUT2D eigenvalue weighted by Crippen LogP contribution is -2.64. The van der Waals surface area contributed by atoms with Gasteiger partial charge in [0.2, 0.25) is 53.0 Å². The van der Waals surface area contributed by atoms with Gasteiger partial charge in [-0.3, -0.25) is 38.4 Å². The molecule has 0 aromatic heterocycles. The normalized spacial score (nSPS) is 24.2. The summed E-state index contributed by atoms with van der Waals surface area (Å²) in [4.78, 5) is 127. The number of hydrogen-bond acceptors (Lipinski definition) is 31. The van der Waals surface area contributed by atoms with E-state index in [4.69, 9.17) is 87.9 Å². The number of primary amides is 1. The molecule has 7 aliphatic rings. The van der Waals surface area contributed by atoms with Crippen molar-refractivity contribution in [2.45, 2.75) is 163 Å². The van der Waals surface area contributed by atoms with Gasteiger partial charge in [-0.15, -0.1) is 0 Å². The number of halogens is 3. The maximum absolute atomic E-state index is 16.7. The number of phenols is 3. The highest BCUT2D eigenvalue weighted by Gasteiger charge is 2.51. The summed E-state index contributed by atoms with van der Waals surface area (Å²) in [5.74, 6) is -14.3. The first-order valence-corrected chi connectivity index (χ1v) is 46.5. The van der Waals surface area contributed by atoms with E-state index < -0.39 is 227 Å². The number of nitrogens with two attached hydrogens (primary N) is 1. The molecular weight excluding hydrogens is 1860 g/mol. The highest BCUT2D eigenvalue weighted by molar-refractivity contribution is 6.32. The first-order valence-electron chi connectivity index (χ1n) is 45.3. The van der Waals surface area contributed by atoms with Crippen molar-refractivity contribution in [2.75, 3.05) is 127 Å². The minimum atomic E-state index is -2.34. The van der Waals surface area contributed by atoms with Crippen LogP contribution in [0.4, 0.5) is 0 Å². The summed E-state index contributed by atoms with van der Waals surface area (Å²) < 4.78 is 63.1. The molecule has 748 valence electrons. The average molecular weight is 1980 g/mol. The van der Waals surface area contributed by atoms with E-state index in [-0.39, 0.29) is 128 Å². The average Bonchev–Trinajstić information content (AvgIpc) is 0.747. The number of aliphatic hydroxyl groups excluding tert-OH is 5. The molecule has 2 unspecified atom stereocenters. The quantitative estimate of drug-likeness (QED) is 0.0242. The van der Waals surface area contributed by atoms with E-state index in [0.29, 0.717) is 31.3 Å². The van der Waals surface area contributed by atoms with Gasteiger partial charge in [0, 0.05) is 67.4 Å². The smallest absolute Gasteiger partial charge is 0.248 e. The van der Waals surface area contributed by atoms with Crippen molar-refractivity contribution in [1.29, 1.82) is 0 Å². The summed E-state index contributed by atoms with van der Waals surface area (Å²) >= 11 is 20.8. The van der Waals surface area contributed by atoms with E-state index in [0.717, 1.165) is 59.2 Å². The first-order chi connectivity index (χ1) is 65.9. The number of rotatable bonds is 37. The van der Waals surface area contributed by atoms with Crippen molar-refractivity contribution < 1.29 is 127 Å². The van der Waals surface area contributed by atoms with E-state index in [1.54, 1.807) is 26.0 Å². The van der Waals surface area contributed by atoms with Crippen LogP contribution in [0.5, 0.6) is 46.0 Å². The maximum atomic E-state index is 16.7. The molecule has 138 heavy (non-hydrogen) atoms. The van der Waals surface area contributed by atoms with Gasteiger partial charge in [-0.1, -0.05) is 103 Å². The molecule has 14 rings (SSSR count). The van der Waals surface area contributed by atoms with Gasteiger partial charge in [0.15, 0.2) is 23.9 Å². The van der Waals surface area contributed by atoms with Crippen LogP contribution in [0.3, 0.4) is 0 Å². The zero-order valence-electron chi connectivity index (χ0n) is 77.8. The Morgan fingerprint density at radius 2 is 1.21 bits per heavy atom. The van der Waals surface area contributed by atoms with Crippen LogP contribution in [-0.4, -0.2) is 298 Å². The number of amides is 8. The number of nitrogens with zero attached hydrogens (tertiary/aromatic N) is 2. The maximum Gasteiger partial charge on any atom is 0.248 e. The molecule has 7 aromatic carbocycles. The number of carbonyl (C=O) groups is 8. The van der Waals surface area contributed by atoms with Crippen molar-refractivity contribution in [3.63, 3.8) is 0 Å². The molecule has 8 amide bonds. The molecule has 2 fully saturated rings. The molecule has 42 heteroatoms. The molecule has 11 bridgehead atoms. The number of carbonyl (C=O) groups excluding carboxylic acids is 8. The van der Waals surface area contributed by atoms with Gasteiger partial charge >= 0.3 is 0 Å². The van der Waals surface area contributed by atoms with Crippen molar-refractivity contribution in [1.82, 2.24) is 63.0 Å². The monoisotopic (exact) mass is 1980 g/mol. The van der Waals surface area contributed by atoms with Crippen LogP contribution < -0.4 is 73.1 Å². The van der Waals surface area contributed by atoms with E-state index in [9.17, 15) is 50.4 Å². The summed E-state index contributed by atoms with van der Waals surface area (Å²) in [6, 6.07) is 15.0. The zero-order chi connectivity index (χ0) is 99.5. The molecule has 20 N–H and O–H groups in total. The summed E-state index contributed by atoms with van der Waals surface area (Å²) in [7, 11) is 9.08. The summed E-state index contributed by atoms with van der Waals surface area (Å²) in [5.41, 5.74) is 4.83. The fourth-order valence-electron chi connectivity index (χ4n) is 16.5. The Balaban J connectivity index is 1.01. The van der Waals surface area contributed by atoms with E-state index in [1.165, 1.54) is 37.4 Å². The van der Waals surface area contributed by atoms with Gasteiger partial charge in [-0.25, -0.2) is 0 Å². The van der Waals surface area contributed by atoms with Crippen LogP contribution in [0, 0.1) is 5.92 Å². The van der Waals surface area contributed by atoms with Crippen LogP contribution in [0.25, 0.3) is 22.3 Å². The molecule has 0 aliphatic carbocycles. The second-order valence-electron chi connectivity index (χ2n) is 35.5. The van der Waals surface area contributed by atoms with E-state index in [2.05, 4.69) is 53.2 Å². The van der Waals surface area contributed by atoms with Gasteiger partial charge in [0.05, 0.1) is 106 Å². The minimum absolute atomic E-state index is 0.0913. The zero-order valence-corrected chi connectivity index (χ0v) is 80.1. The Morgan fingerprint density at radius 3 is 1.80 bits per heavy atom. The number of nitrogens with one attached hydrogen (secondary N) is 10. The molecule has 17 atom stereocenters. The lowest BCUT2D eigenvalue weighted by molar-refractivity contribution is -0.296. The van der Waals surface area contributed by atoms with Crippen LogP contribution in [0.15, 0.2) is 121 Å². The lowest BCUT2D eigenvalue weighted by Gasteiger charge is -2.48. The van der Waals surface area contributed by atoms with Crippen LogP contribution >= 0.6 is 34.8 Å². The summed E-state index contributed by atoms with van der Waals surface area (Å²) in [6.07, 6.45) is -15.0. The standard InChI is InChI=1S/C96H122Cl3N13O26/c1-49(2)36-64(101-5)89(122)109-80-82(117)55-17-22-68(62(98)38-55)135-70-40-57-41-71(86(70)137-73-48-133-72(47-113)85(120)87(73)138-75-44-96(4,88(121)50(3)134-75)104-45-51-10-12-52(13-11-51)53-14-19-58(97)20-15-53)136-69-23-18-56(39-63(69)99)83(118)81-95(128)108-79(91(124)103-25-29-130-33-35-132-31-27-112(8)9)60-42-67(115)61(46-102-24-28-129-32-34-131-30-26-111(6)7)84(119)76(60)59-37-54(16-21-66(59)114)77(92(125)110-81)107-93(126)78(57)106-90(123)65(43-74(100)116)105-94(80)127/h10-23,37-42,49-50,64-65,72-73,75,77-83,85,87-88,101-102,104,113-115,117-121H,24-36,43-48H2,1-9H3,(H2,100,116)(H,103,124)(H,105,127)(H,106,123)(H,107,126)(H,108,128)(H,109,122)(H,110,125)/t50-,64+,65-,72+,73-,75?,77+,78+,79-,80+,81-,82+,83?,85-,87+,88+,96-/m0/s1. The predicted molar refractivity (Wildman–Crippen MR) is 505 cm³/mol. The second-order valence-corrected chi connectivity index (χ2v) is 36.8. The highest BCUT2D eigenvalue weighted by atomic mass is 35.5. The molecule has 7 aliphatic heterocycles. The van der Waals surface area contributed by atoms with Gasteiger partial charge in [-0.05, 0) is 173 Å². The molecule has 7 heterocycles. The van der Waals surface area contributed by atoms with Crippen molar-refractivity contribution >= 4 is 82.1 Å². The molecule has 0 spiro atoms. The number of phenolic OH excluding ortho intramolecular Hbond substituents is 3. The van der Waals surface area contributed by atoms with Crippen LogP contribution in [-0.2, 0) is 84.6 Å². The van der Waals surface area contributed by atoms with Crippen molar-refractivity contribution in [3.8, 4) is 68.2 Å². The molecule has 39 nitrogen and oxygen atoms in total. The number of aliphatic hydroxyl groups is 5. The largest absolute Gasteiger partial charge is 0.507 e. The molecule has 2 saturated heterocycles. The topological polar surface area (TPSA) is 544 Å². The molecule has 0 saturated carbocycles. The number of hydrogen-bond donors (Lipinski definition) is 19. The minimum Gasteiger partial charge on any atom is -0.507 e. The van der Waals surface area contributed by atoms with Crippen LogP contribution in [0.1, 0.15) is 116 Å². The Morgan fingerprint density at radius 1 is 0.630 bits per heavy atom. The lowest BCUT2D eigenvalue weighted by atomic mass is 9.84. The van der Waals surface area contributed by atoms with E-state index >= 15 is 28.8 Å². The highest BCUT2D eigenvalue weighted by Crippen LogP contribution is 2.51.